The van der Waals surface area contributed by atoms with Gasteiger partial charge in [0.25, 0.3) is 0 Å². The number of aliphatic hydroxyl groups excluding tert-OH is 1. The molecule has 0 fully saturated rings. The van der Waals surface area contributed by atoms with E-state index in [0.717, 1.165) is 141 Å². The third-order valence-electron chi connectivity index (χ3n) is 22.5. The molecule has 0 rings (SSSR count). The summed E-state index contributed by atoms with van der Waals surface area (Å²) in [4.78, 5) is 0. The van der Waals surface area contributed by atoms with Crippen molar-refractivity contribution in [2.75, 3.05) is 6.61 Å². The minimum atomic E-state index is 0.308. The van der Waals surface area contributed by atoms with E-state index < -0.39 is 0 Å². The van der Waals surface area contributed by atoms with E-state index in [2.05, 4.69) is 287 Å². The molecule has 1 heteroatoms. The first kappa shape index (κ1) is 106. The van der Waals surface area contributed by atoms with E-state index >= 15 is 0 Å². The molecule has 0 aromatic heterocycles. The molecule has 0 radical (unpaired) electrons. The molecule has 0 saturated heterocycles. The van der Waals surface area contributed by atoms with E-state index in [1.165, 1.54) is 252 Å². The summed E-state index contributed by atoms with van der Waals surface area (Å²) in [6.07, 6.45) is 101. The minimum absolute atomic E-state index is 0.308. The molecule has 0 aliphatic rings. The molecule has 0 aliphatic carbocycles. The van der Waals surface area contributed by atoms with Gasteiger partial charge in [-0.1, -0.05) is 252 Å². The van der Waals surface area contributed by atoms with Crippen LogP contribution in [-0.4, -0.2) is 11.7 Å². The lowest BCUT2D eigenvalue weighted by atomic mass is 10.0. The van der Waals surface area contributed by atoms with Gasteiger partial charge in [-0.3, -0.25) is 0 Å². The Hall–Kier alpha value is -5.50. The van der Waals surface area contributed by atoms with Gasteiger partial charge in [0.2, 0.25) is 0 Å². The Morgan fingerprint density at radius 3 is 0.351 bits per heavy atom. The third kappa shape index (κ3) is 72.0. The van der Waals surface area contributed by atoms with Gasteiger partial charge in [0.1, 0.15) is 0 Å². The maximum Gasteiger partial charge on any atom is 0.0433 e. The van der Waals surface area contributed by atoms with Gasteiger partial charge in [0.05, 0.1) is 0 Å². The summed E-state index contributed by atoms with van der Waals surface area (Å²) in [5, 5.41) is 9.12. The number of rotatable bonds is 65. The van der Waals surface area contributed by atoms with Crippen molar-refractivity contribution in [3.05, 3.63) is 245 Å². The molecule has 0 heterocycles. The smallest absolute Gasteiger partial charge is 0.0433 e. The monoisotopic (exact) mass is 1520 g/mol. The Labute approximate surface area is 693 Å². The molecule has 111 heavy (non-hydrogen) atoms. The van der Waals surface area contributed by atoms with Crippen LogP contribution < -0.4 is 0 Å². The van der Waals surface area contributed by atoms with E-state index in [-0.39, 0.29) is 0 Å². The van der Waals surface area contributed by atoms with E-state index in [4.69, 9.17) is 5.11 Å². The number of aliphatic hydroxyl groups is 1. The van der Waals surface area contributed by atoms with Crippen molar-refractivity contribution in [1.82, 2.24) is 0 Å². The molecule has 1 unspecified atom stereocenters. The first-order valence-corrected chi connectivity index (χ1v) is 45.4. The number of hydrogen-bond acceptors (Lipinski definition) is 1. The average molecular weight is 1520 g/mol. The molecular weight excluding hydrogens is 1340 g/mol. The van der Waals surface area contributed by atoms with Gasteiger partial charge in [-0.05, 0) is 434 Å². The summed E-state index contributed by atoms with van der Waals surface area (Å²) in [6.45, 7) is 53.2. The Morgan fingerprint density at radius 2 is 0.252 bits per heavy atom. The number of hydrogen-bond donors (Lipinski definition) is 1. The van der Waals surface area contributed by atoms with Gasteiger partial charge in [-0.2, -0.15) is 0 Å². The summed E-state index contributed by atoms with van der Waals surface area (Å²) in [7, 11) is 0. The molecule has 1 atom stereocenters. The Kier molecular flexibility index (Phi) is 67.6. The zero-order chi connectivity index (χ0) is 82.7. The average Bonchev–Trinajstić information content (AvgIpc) is 1.22. The zero-order valence-electron chi connectivity index (χ0n) is 77.8. The topological polar surface area (TPSA) is 20.2 Å². The predicted molar refractivity (Wildman–Crippen MR) is 509 cm³/mol. The molecule has 0 spiro atoms. The summed E-state index contributed by atoms with van der Waals surface area (Å²) in [6, 6.07) is 0. The van der Waals surface area contributed by atoms with Crippen LogP contribution in [0.3, 0.4) is 0 Å². The molecule has 0 amide bonds. The molecule has 1 nitrogen and oxygen atoms in total. The summed E-state index contributed by atoms with van der Waals surface area (Å²) in [5.41, 5.74) is 32.0. The molecule has 0 saturated carbocycles. The number of allylic oxidation sites excluding steroid dienone is 42. The lowest BCUT2D eigenvalue weighted by Crippen LogP contribution is -1.97. The van der Waals surface area contributed by atoms with Crippen molar-refractivity contribution in [2.45, 2.75) is 435 Å². The van der Waals surface area contributed by atoms with Crippen molar-refractivity contribution in [3.8, 4) is 0 Å². The van der Waals surface area contributed by atoms with Gasteiger partial charge < -0.3 is 5.11 Å². The van der Waals surface area contributed by atoms with Crippen molar-refractivity contribution >= 4 is 0 Å². The molecule has 626 valence electrons. The largest absolute Gasteiger partial charge is 0.396 e. The van der Waals surface area contributed by atoms with Crippen LogP contribution in [0.25, 0.3) is 0 Å². The van der Waals surface area contributed by atoms with Crippen LogP contribution in [-0.2, 0) is 0 Å². The standard InChI is InChI=1S/C110H180O/c1-89(2)45-24-46-90(3)47-25-48-91(4)49-26-50-92(5)51-27-52-93(6)53-28-54-94(7)55-29-56-95(8)57-30-58-96(9)59-31-60-97(10)61-32-62-98(11)63-33-64-99(12)65-34-66-100(13)67-35-68-101(14)69-36-70-102(15)71-37-72-103(16)73-38-74-104(17)75-39-76-105(18)77-40-78-106(19)79-41-80-107(20)81-42-82-108(21)83-43-84-109(22)85-44-86-110(23)87-88-111/h45,47,49,51,53,55,57,59,61,63,65,67,69,71,73,75,77,79,81,83,85,110-111H,24-44,46,48,50,52,54,56,58,60,62,64,66,68,70,72,74,76,78,80,82,84,86-88H2,1-23H3/b90-47+,91-49+,92-51+,93-53+,94-55+,95-57+,96-59+,97-61+,98-63+,99-65+,100-67+,101-69+,102-71+,103-73+,104-75+,105-77+,106-79+,107-81+,108-83+,109-85+. The Morgan fingerprint density at radius 1 is 0.153 bits per heavy atom. The SMILES string of the molecule is CC(C)=CCC/C(C)=C/CC/C(C)=C/CC/C(C)=C/CC/C(C)=C/CC/C(C)=C/CC/C(C)=C/CC/C(C)=C/CC/C(C)=C/CC/C(C)=C/CC/C(C)=C/CC/C(C)=C/CC/C(C)=C/CC/C(C)=C/CC/C(C)=C/CC/C(C)=C/CC/C(C)=C/CC/C(C)=C/CC/C(C)=C/CC/C(C)=C/CC/C(C)=C/CCC(C)CCO. The molecule has 0 aliphatic heterocycles. The third-order valence-corrected chi connectivity index (χ3v) is 22.5. The van der Waals surface area contributed by atoms with Crippen molar-refractivity contribution < 1.29 is 5.11 Å². The highest BCUT2D eigenvalue weighted by Gasteiger charge is 2.05. The first-order chi connectivity index (χ1) is 53.0. The molecule has 0 aromatic rings. The molecule has 1 N–H and O–H groups in total. The second-order valence-corrected chi connectivity index (χ2v) is 35.3. The minimum Gasteiger partial charge on any atom is -0.396 e. The quantitative estimate of drug-likeness (QED) is 0.0602. The van der Waals surface area contributed by atoms with E-state index in [0.29, 0.717) is 12.5 Å². The normalized spacial score (nSPS) is 15.5. The van der Waals surface area contributed by atoms with Crippen LogP contribution in [0.1, 0.15) is 435 Å². The summed E-state index contributed by atoms with van der Waals surface area (Å²) < 4.78 is 0. The van der Waals surface area contributed by atoms with Crippen LogP contribution in [0.15, 0.2) is 245 Å². The maximum absolute atomic E-state index is 9.12. The van der Waals surface area contributed by atoms with E-state index in [1.807, 2.05) is 0 Å². The summed E-state index contributed by atoms with van der Waals surface area (Å²) in [5.74, 6) is 0.610. The van der Waals surface area contributed by atoms with Crippen LogP contribution in [0.2, 0.25) is 0 Å². The lowest BCUT2D eigenvalue weighted by Gasteiger charge is -2.07. The Bertz CT molecular complexity index is 3210. The van der Waals surface area contributed by atoms with Crippen molar-refractivity contribution in [3.63, 3.8) is 0 Å². The van der Waals surface area contributed by atoms with Gasteiger partial charge in [-0.25, -0.2) is 0 Å². The summed E-state index contributed by atoms with van der Waals surface area (Å²) >= 11 is 0. The van der Waals surface area contributed by atoms with Gasteiger partial charge in [0.15, 0.2) is 0 Å². The van der Waals surface area contributed by atoms with Crippen molar-refractivity contribution in [1.29, 1.82) is 0 Å². The second-order valence-electron chi connectivity index (χ2n) is 35.3. The Balaban J connectivity index is 4.37. The highest BCUT2D eigenvalue weighted by molar-refractivity contribution is 5.16. The van der Waals surface area contributed by atoms with Crippen LogP contribution >= 0.6 is 0 Å². The van der Waals surface area contributed by atoms with Crippen molar-refractivity contribution in [2.24, 2.45) is 5.92 Å². The first-order valence-electron chi connectivity index (χ1n) is 45.4. The highest BCUT2D eigenvalue weighted by Crippen LogP contribution is 2.24. The van der Waals surface area contributed by atoms with Gasteiger partial charge in [-0.15, -0.1) is 0 Å². The fourth-order valence-corrected chi connectivity index (χ4v) is 14.0. The van der Waals surface area contributed by atoms with Crippen LogP contribution in [0.4, 0.5) is 0 Å². The van der Waals surface area contributed by atoms with E-state index in [9.17, 15) is 0 Å². The maximum atomic E-state index is 9.12. The highest BCUT2D eigenvalue weighted by atomic mass is 16.3. The van der Waals surface area contributed by atoms with Crippen LogP contribution in [0.5, 0.6) is 0 Å². The molecular formula is C110H180O. The van der Waals surface area contributed by atoms with Gasteiger partial charge in [0, 0.05) is 6.61 Å². The lowest BCUT2D eigenvalue weighted by molar-refractivity contribution is 0.259. The predicted octanol–water partition coefficient (Wildman–Crippen LogP) is 37.3. The molecule has 0 bridgehead atoms. The van der Waals surface area contributed by atoms with Gasteiger partial charge >= 0.3 is 0 Å². The fraction of sp³-hybridized carbons (Fsp3) is 0.618. The fourth-order valence-electron chi connectivity index (χ4n) is 14.0. The second kappa shape index (κ2) is 71.1. The zero-order valence-corrected chi connectivity index (χ0v) is 77.8. The van der Waals surface area contributed by atoms with Crippen LogP contribution in [0, 0.1) is 5.92 Å². The van der Waals surface area contributed by atoms with E-state index in [1.54, 1.807) is 0 Å². The molecule has 0 aromatic carbocycles.